The first-order valence-corrected chi connectivity index (χ1v) is 5.74. The van der Waals surface area contributed by atoms with E-state index >= 15 is 0 Å². The van der Waals surface area contributed by atoms with Crippen molar-refractivity contribution in [2.75, 3.05) is 0 Å². The van der Waals surface area contributed by atoms with Crippen molar-refractivity contribution in [2.24, 2.45) is 0 Å². The molecule has 0 aliphatic rings. The number of hydrogen-bond donors (Lipinski definition) is 0. The molecule has 1 unspecified atom stereocenters. The zero-order valence-electron chi connectivity index (χ0n) is 8.37. The van der Waals surface area contributed by atoms with Gasteiger partial charge in [-0.2, -0.15) is 0 Å². The van der Waals surface area contributed by atoms with Gasteiger partial charge in [0, 0.05) is 4.83 Å². The van der Waals surface area contributed by atoms with Crippen molar-refractivity contribution < 1.29 is 13.2 Å². The van der Waals surface area contributed by atoms with Crippen LogP contribution in [-0.2, 0) is 6.42 Å². The molecule has 0 aliphatic carbocycles. The van der Waals surface area contributed by atoms with Crippen molar-refractivity contribution in [1.29, 1.82) is 0 Å². The van der Waals surface area contributed by atoms with E-state index < -0.39 is 17.5 Å². The van der Waals surface area contributed by atoms with Crippen LogP contribution in [0.2, 0.25) is 0 Å². The molecule has 0 amide bonds. The van der Waals surface area contributed by atoms with Crippen LogP contribution in [0.5, 0.6) is 0 Å². The summed E-state index contributed by atoms with van der Waals surface area (Å²) in [6.07, 6.45) is 2.04. The van der Waals surface area contributed by atoms with Gasteiger partial charge in [-0.15, -0.1) is 0 Å². The Bertz CT molecular complexity index is 339. The van der Waals surface area contributed by atoms with Gasteiger partial charge in [0.1, 0.15) is 0 Å². The third-order valence-corrected chi connectivity index (χ3v) is 3.39. The number of alkyl halides is 1. The summed E-state index contributed by atoms with van der Waals surface area (Å²) < 4.78 is 38.6. The van der Waals surface area contributed by atoms with E-state index in [1.807, 2.05) is 6.92 Å². The van der Waals surface area contributed by atoms with Gasteiger partial charge in [-0.05, 0) is 30.9 Å². The molecule has 0 saturated heterocycles. The molecule has 0 spiro atoms. The average molecular weight is 281 g/mol. The molecule has 4 heteroatoms. The second kappa shape index (κ2) is 5.54. The molecule has 1 atom stereocenters. The third-order valence-electron chi connectivity index (χ3n) is 2.29. The van der Waals surface area contributed by atoms with Crippen LogP contribution in [0.15, 0.2) is 12.1 Å². The number of aryl methyl sites for hydroxylation is 1. The van der Waals surface area contributed by atoms with Crippen molar-refractivity contribution in [2.45, 2.75) is 31.0 Å². The summed E-state index contributed by atoms with van der Waals surface area (Å²) in [5.74, 6) is -3.58. The second-order valence-electron chi connectivity index (χ2n) is 3.38. The van der Waals surface area contributed by atoms with Gasteiger partial charge in [0.15, 0.2) is 17.5 Å². The molecular formula is C11H12BrF3. The van der Waals surface area contributed by atoms with E-state index in [4.69, 9.17) is 0 Å². The molecule has 0 aromatic heterocycles. The molecule has 1 aromatic carbocycles. The largest absolute Gasteiger partial charge is 0.204 e. The van der Waals surface area contributed by atoms with Gasteiger partial charge in [-0.1, -0.05) is 28.9 Å². The van der Waals surface area contributed by atoms with Gasteiger partial charge in [-0.3, -0.25) is 0 Å². The molecule has 15 heavy (non-hydrogen) atoms. The molecule has 1 aromatic rings. The predicted octanol–water partition coefficient (Wildman–Crippen LogP) is 4.21. The van der Waals surface area contributed by atoms with Crippen molar-refractivity contribution >= 4 is 15.9 Å². The fraction of sp³-hybridized carbons (Fsp3) is 0.455. The first kappa shape index (κ1) is 12.6. The van der Waals surface area contributed by atoms with Crippen LogP contribution in [0.4, 0.5) is 13.2 Å². The minimum atomic E-state index is -1.38. The quantitative estimate of drug-likeness (QED) is 0.573. The molecule has 0 fully saturated rings. The summed E-state index contributed by atoms with van der Waals surface area (Å²) in [7, 11) is 0. The topological polar surface area (TPSA) is 0 Å². The highest BCUT2D eigenvalue weighted by Gasteiger charge is 2.13. The van der Waals surface area contributed by atoms with Gasteiger partial charge < -0.3 is 0 Å². The number of rotatable bonds is 4. The van der Waals surface area contributed by atoms with Crippen LogP contribution in [0.3, 0.4) is 0 Å². The Labute approximate surface area is 95.6 Å². The Morgan fingerprint density at radius 2 is 1.87 bits per heavy atom. The maximum absolute atomic E-state index is 13.2. The first-order valence-electron chi connectivity index (χ1n) is 4.82. The predicted molar refractivity (Wildman–Crippen MR) is 57.6 cm³/mol. The molecule has 0 bridgehead atoms. The highest BCUT2D eigenvalue weighted by molar-refractivity contribution is 9.09. The van der Waals surface area contributed by atoms with E-state index in [9.17, 15) is 13.2 Å². The van der Waals surface area contributed by atoms with E-state index in [-0.39, 0.29) is 10.4 Å². The molecule has 84 valence electrons. The van der Waals surface area contributed by atoms with Crippen molar-refractivity contribution in [3.8, 4) is 0 Å². The summed E-state index contributed by atoms with van der Waals surface area (Å²) in [5, 5.41) is 0. The molecule has 0 N–H and O–H groups in total. The lowest BCUT2D eigenvalue weighted by Crippen LogP contribution is -2.02. The second-order valence-corrected chi connectivity index (χ2v) is 4.67. The van der Waals surface area contributed by atoms with E-state index in [1.165, 1.54) is 6.07 Å². The lowest BCUT2D eigenvalue weighted by atomic mass is 10.1. The lowest BCUT2D eigenvalue weighted by molar-refractivity contribution is 0.440. The fourth-order valence-corrected chi connectivity index (χ4v) is 1.50. The van der Waals surface area contributed by atoms with Crippen LogP contribution in [0.1, 0.15) is 25.3 Å². The summed E-state index contributed by atoms with van der Waals surface area (Å²) >= 11 is 3.40. The summed E-state index contributed by atoms with van der Waals surface area (Å²) in [6.45, 7) is 2.00. The first-order chi connectivity index (χ1) is 7.06. The Balaban J connectivity index is 2.74. The van der Waals surface area contributed by atoms with Crippen LogP contribution < -0.4 is 0 Å². The maximum Gasteiger partial charge on any atom is 0.194 e. The SMILES string of the molecule is CCC(Br)CCc1ccc(F)c(F)c1F. The molecule has 0 saturated carbocycles. The van der Waals surface area contributed by atoms with Crippen LogP contribution in [-0.4, -0.2) is 4.83 Å². The Morgan fingerprint density at radius 1 is 1.20 bits per heavy atom. The molecule has 0 heterocycles. The van der Waals surface area contributed by atoms with Gasteiger partial charge >= 0.3 is 0 Å². The van der Waals surface area contributed by atoms with Crippen LogP contribution >= 0.6 is 15.9 Å². The normalized spacial score (nSPS) is 12.9. The highest BCUT2D eigenvalue weighted by Crippen LogP contribution is 2.19. The van der Waals surface area contributed by atoms with Gasteiger partial charge in [0.05, 0.1) is 0 Å². The van der Waals surface area contributed by atoms with Crippen LogP contribution in [0, 0.1) is 17.5 Å². The summed E-state index contributed by atoms with van der Waals surface area (Å²) in [5.41, 5.74) is 0.229. The number of halogens is 4. The van der Waals surface area contributed by atoms with E-state index in [1.54, 1.807) is 0 Å². The molecule has 0 nitrogen and oxygen atoms in total. The molecule has 1 rings (SSSR count). The Kier molecular flexibility index (Phi) is 4.64. The monoisotopic (exact) mass is 280 g/mol. The Morgan fingerprint density at radius 3 is 2.47 bits per heavy atom. The Hall–Kier alpha value is -0.510. The molecule has 0 radical (unpaired) electrons. The van der Waals surface area contributed by atoms with Gasteiger partial charge in [0.25, 0.3) is 0 Å². The standard InChI is InChI=1S/C11H12BrF3/c1-2-8(12)5-3-7-4-6-9(13)11(15)10(7)14/h4,6,8H,2-3,5H2,1H3. The zero-order chi connectivity index (χ0) is 11.4. The minimum absolute atomic E-state index is 0.229. The molecule has 0 aliphatic heterocycles. The number of hydrogen-bond acceptors (Lipinski definition) is 0. The van der Waals surface area contributed by atoms with Crippen LogP contribution in [0.25, 0.3) is 0 Å². The molecular weight excluding hydrogens is 269 g/mol. The van der Waals surface area contributed by atoms with E-state index in [0.29, 0.717) is 12.8 Å². The smallest absolute Gasteiger partial charge is 0.194 e. The average Bonchev–Trinajstić information content (AvgIpc) is 2.24. The van der Waals surface area contributed by atoms with Crippen molar-refractivity contribution in [1.82, 2.24) is 0 Å². The highest BCUT2D eigenvalue weighted by atomic mass is 79.9. The third kappa shape index (κ3) is 3.23. The van der Waals surface area contributed by atoms with Gasteiger partial charge in [-0.25, -0.2) is 13.2 Å². The van der Waals surface area contributed by atoms with Crippen molar-refractivity contribution in [3.63, 3.8) is 0 Å². The fourth-order valence-electron chi connectivity index (χ4n) is 1.28. The summed E-state index contributed by atoms with van der Waals surface area (Å²) in [4.78, 5) is 0.282. The van der Waals surface area contributed by atoms with E-state index in [0.717, 1.165) is 12.5 Å². The summed E-state index contributed by atoms with van der Waals surface area (Å²) in [6, 6.07) is 2.26. The minimum Gasteiger partial charge on any atom is -0.204 e. The zero-order valence-corrected chi connectivity index (χ0v) is 9.95. The maximum atomic E-state index is 13.2. The lowest BCUT2D eigenvalue weighted by Gasteiger charge is -2.07. The van der Waals surface area contributed by atoms with Crippen molar-refractivity contribution in [3.05, 3.63) is 35.1 Å². The number of benzene rings is 1. The van der Waals surface area contributed by atoms with E-state index in [2.05, 4.69) is 15.9 Å². The van der Waals surface area contributed by atoms with Gasteiger partial charge in [0.2, 0.25) is 0 Å².